The number of nitrogens with zero attached hydrogens (tertiary/aromatic N) is 3. The van der Waals surface area contributed by atoms with E-state index in [4.69, 9.17) is 0 Å². The fraction of sp³-hybridized carbons (Fsp3) is 0.269. The Balaban J connectivity index is 1.45. The Hall–Kier alpha value is -2.96. The smallest absolute Gasteiger partial charge is 0.243 e. The fourth-order valence-electron chi connectivity index (χ4n) is 4.04. The number of anilines is 1. The molecule has 0 spiro atoms. The first-order chi connectivity index (χ1) is 15.5. The highest BCUT2D eigenvalue weighted by Gasteiger charge is 2.28. The molecule has 0 N–H and O–H groups in total. The minimum absolute atomic E-state index is 0.305. The van der Waals surface area contributed by atoms with Crippen molar-refractivity contribution in [3.63, 3.8) is 0 Å². The summed E-state index contributed by atoms with van der Waals surface area (Å²) in [6.45, 7) is 7.16. The molecule has 32 heavy (non-hydrogen) atoms. The fourth-order valence-corrected chi connectivity index (χ4v) is 5.46. The zero-order valence-electron chi connectivity index (χ0n) is 18.6. The highest BCUT2D eigenvalue weighted by molar-refractivity contribution is 7.89. The van der Waals surface area contributed by atoms with Gasteiger partial charge >= 0.3 is 0 Å². The van der Waals surface area contributed by atoms with Crippen LogP contribution in [-0.2, 0) is 23.0 Å². The average Bonchev–Trinajstić information content (AvgIpc) is 2.84. The van der Waals surface area contributed by atoms with Crippen molar-refractivity contribution >= 4 is 27.6 Å². The largest absolute Gasteiger partial charge is 0.372 e. The first-order valence-electron chi connectivity index (χ1n) is 11.1. The molecular formula is C26H29N3O2S. The number of rotatable bonds is 7. The summed E-state index contributed by atoms with van der Waals surface area (Å²) in [5.41, 5.74) is 5.23. The van der Waals surface area contributed by atoms with Crippen molar-refractivity contribution in [2.24, 2.45) is 4.99 Å². The van der Waals surface area contributed by atoms with Gasteiger partial charge in [0.05, 0.1) is 10.6 Å². The van der Waals surface area contributed by atoms with Gasteiger partial charge in [0.1, 0.15) is 0 Å². The van der Waals surface area contributed by atoms with E-state index >= 15 is 0 Å². The Morgan fingerprint density at radius 2 is 1.56 bits per heavy atom. The van der Waals surface area contributed by atoms with Crippen LogP contribution in [-0.4, -0.2) is 38.6 Å². The van der Waals surface area contributed by atoms with Crippen molar-refractivity contribution in [3.05, 3.63) is 89.5 Å². The summed E-state index contributed by atoms with van der Waals surface area (Å²) in [6.07, 6.45) is 2.54. The standard InChI is InChI=1S/C26H29N3O2S/c1-3-28(4-2)25-13-9-21(10-14-25)19-27-24-11-15-26(16-12-24)32(30,31)29-18-17-22-7-5-6-8-23(22)20-29/h5-16,19H,3-4,17-18,20H2,1-2H3. The second-order valence-electron chi connectivity index (χ2n) is 7.87. The van der Waals surface area contributed by atoms with Gasteiger partial charge in [0.15, 0.2) is 0 Å². The quantitative estimate of drug-likeness (QED) is 0.477. The van der Waals surface area contributed by atoms with E-state index in [9.17, 15) is 8.42 Å². The molecule has 0 saturated heterocycles. The maximum absolute atomic E-state index is 13.1. The van der Waals surface area contributed by atoms with Crippen molar-refractivity contribution in [1.29, 1.82) is 0 Å². The molecule has 0 fully saturated rings. The predicted octanol–water partition coefficient (Wildman–Crippen LogP) is 5.03. The summed E-state index contributed by atoms with van der Waals surface area (Å²) in [6, 6.07) is 23.1. The van der Waals surface area contributed by atoms with E-state index in [-0.39, 0.29) is 0 Å². The highest BCUT2D eigenvalue weighted by atomic mass is 32.2. The molecule has 6 heteroatoms. The molecule has 4 rings (SSSR count). The van der Waals surface area contributed by atoms with Gasteiger partial charge in [0.2, 0.25) is 10.0 Å². The molecule has 3 aromatic carbocycles. The number of hydrogen-bond donors (Lipinski definition) is 0. The second kappa shape index (κ2) is 9.67. The topological polar surface area (TPSA) is 53.0 Å². The molecule has 0 bridgehead atoms. The van der Waals surface area contributed by atoms with Crippen molar-refractivity contribution < 1.29 is 8.42 Å². The molecule has 0 radical (unpaired) electrons. The zero-order valence-corrected chi connectivity index (χ0v) is 19.4. The van der Waals surface area contributed by atoms with Crippen LogP contribution in [0.25, 0.3) is 0 Å². The summed E-state index contributed by atoms with van der Waals surface area (Å²) in [4.78, 5) is 7.11. The summed E-state index contributed by atoms with van der Waals surface area (Å²) in [5.74, 6) is 0. The summed E-state index contributed by atoms with van der Waals surface area (Å²) >= 11 is 0. The van der Waals surface area contributed by atoms with Crippen LogP contribution >= 0.6 is 0 Å². The van der Waals surface area contributed by atoms with Gasteiger partial charge < -0.3 is 4.90 Å². The first kappa shape index (κ1) is 22.2. The molecule has 0 saturated carbocycles. The van der Waals surface area contributed by atoms with Crippen molar-refractivity contribution in [2.75, 3.05) is 24.5 Å². The lowest BCUT2D eigenvalue weighted by Crippen LogP contribution is -2.35. The molecular weight excluding hydrogens is 418 g/mol. The van der Waals surface area contributed by atoms with Gasteiger partial charge in [-0.1, -0.05) is 36.4 Å². The van der Waals surface area contributed by atoms with Crippen LogP contribution in [0.1, 0.15) is 30.5 Å². The molecule has 0 atom stereocenters. The van der Waals surface area contributed by atoms with Gasteiger partial charge in [-0.05, 0) is 73.4 Å². The van der Waals surface area contributed by atoms with Gasteiger partial charge in [0.25, 0.3) is 0 Å². The third-order valence-electron chi connectivity index (χ3n) is 5.95. The zero-order chi connectivity index (χ0) is 22.6. The van der Waals surface area contributed by atoms with Crippen LogP contribution in [0.3, 0.4) is 0 Å². The average molecular weight is 448 g/mol. The summed E-state index contributed by atoms with van der Waals surface area (Å²) in [5, 5.41) is 0. The molecule has 0 unspecified atom stereocenters. The van der Waals surface area contributed by atoms with Crippen molar-refractivity contribution in [1.82, 2.24) is 4.31 Å². The summed E-state index contributed by atoms with van der Waals surface area (Å²) in [7, 11) is -3.53. The molecule has 1 aliphatic rings. The number of hydrogen-bond acceptors (Lipinski definition) is 4. The normalized spacial score (nSPS) is 14.4. The van der Waals surface area contributed by atoms with E-state index < -0.39 is 10.0 Å². The van der Waals surface area contributed by atoms with Gasteiger partial charge in [-0.2, -0.15) is 4.31 Å². The Labute approximate surface area is 191 Å². The van der Waals surface area contributed by atoms with Crippen LogP contribution in [0.4, 0.5) is 11.4 Å². The van der Waals surface area contributed by atoms with Gasteiger partial charge in [-0.15, -0.1) is 0 Å². The lowest BCUT2D eigenvalue weighted by molar-refractivity contribution is 0.391. The third kappa shape index (κ3) is 4.76. The van der Waals surface area contributed by atoms with Crippen molar-refractivity contribution in [3.8, 4) is 0 Å². The number of fused-ring (bicyclic) bond motifs is 1. The maximum Gasteiger partial charge on any atom is 0.243 e. The number of benzene rings is 3. The lowest BCUT2D eigenvalue weighted by atomic mass is 10.0. The van der Waals surface area contributed by atoms with Crippen LogP contribution in [0.15, 0.2) is 82.7 Å². The van der Waals surface area contributed by atoms with Crippen LogP contribution < -0.4 is 4.90 Å². The molecule has 0 amide bonds. The van der Waals surface area contributed by atoms with E-state index in [1.54, 1.807) is 34.8 Å². The van der Waals surface area contributed by atoms with Gasteiger partial charge in [-0.3, -0.25) is 4.99 Å². The Bertz CT molecular complexity index is 1180. The SMILES string of the molecule is CCN(CC)c1ccc(C=Nc2ccc(S(=O)(=O)N3CCc4ccccc4C3)cc2)cc1. The minimum atomic E-state index is -3.53. The molecule has 5 nitrogen and oxygen atoms in total. The van der Waals surface area contributed by atoms with E-state index in [1.165, 1.54) is 11.3 Å². The van der Waals surface area contributed by atoms with Crippen LogP contribution in [0.2, 0.25) is 0 Å². The Morgan fingerprint density at radius 1 is 0.906 bits per heavy atom. The molecule has 1 heterocycles. The molecule has 0 aromatic heterocycles. The predicted molar refractivity (Wildman–Crippen MR) is 131 cm³/mol. The minimum Gasteiger partial charge on any atom is -0.372 e. The first-order valence-corrected chi connectivity index (χ1v) is 12.5. The van der Waals surface area contributed by atoms with E-state index in [2.05, 4.69) is 41.9 Å². The Kier molecular flexibility index (Phi) is 6.72. The van der Waals surface area contributed by atoms with Gasteiger partial charge in [0, 0.05) is 38.1 Å². The van der Waals surface area contributed by atoms with Crippen molar-refractivity contribution in [2.45, 2.75) is 31.7 Å². The monoisotopic (exact) mass is 447 g/mol. The molecule has 166 valence electrons. The highest BCUT2D eigenvalue weighted by Crippen LogP contribution is 2.26. The number of sulfonamides is 1. The van der Waals surface area contributed by atoms with E-state index in [0.29, 0.717) is 18.0 Å². The van der Waals surface area contributed by atoms with Gasteiger partial charge in [-0.25, -0.2) is 8.42 Å². The maximum atomic E-state index is 13.1. The molecule has 3 aromatic rings. The van der Waals surface area contributed by atoms with E-state index in [0.717, 1.165) is 36.3 Å². The second-order valence-corrected chi connectivity index (χ2v) is 9.81. The molecule has 1 aliphatic heterocycles. The van der Waals surface area contributed by atoms with Crippen LogP contribution in [0.5, 0.6) is 0 Å². The Morgan fingerprint density at radius 3 is 2.22 bits per heavy atom. The number of aliphatic imine (C=N–C) groups is 1. The van der Waals surface area contributed by atoms with Crippen LogP contribution in [0, 0.1) is 0 Å². The van der Waals surface area contributed by atoms with E-state index in [1.807, 2.05) is 30.3 Å². The lowest BCUT2D eigenvalue weighted by Gasteiger charge is -2.28. The molecule has 0 aliphatic carbocycles. The summed E-state index contributed by atoms with van der Waals surface area (Å²) < 4.78 is 27.8. The third-order valence-corrected chi connectivity index (χ3v) is 7.81.